The van der Waals surface area contributed by atoms with Crippen LogP contribution in [0.25, 0.3) is 0 Å². The summed E-state index contributed by atoms with van der Waals surface area (Å²) in [6.45, 7) is 3.33. The second kappa shape index (κ2) is 7.34. The zero-order chi connectivity index (χ0) is 17.2. The zero-order valence-corrected chi connectivity index (χ0v) is 15.1. The van der Waals surface area contributed by atoms with Gasteiger partial charge in [0.1, 0.15) is 5.82 Å². The first kappa shape index (κ1) is 17.4. The van der Waals surface area contributed by atoms with Crippen molar-refractivity contribution in [3.05, 3.63) is 35.6 Å². The maximum atomic E-state index is 14.5. The fourth-order valence-corrected chi connectivity index (χ4v) is 5.12. The standard InChI is InChI=1S/C21H30FNO2/c22-19-6-2-1-5-18(19)20(8-3-4-9-20)16-23-17-7-12-25-21(15-17)10-13-24-14-11-21/h1-2,5-6,17,23H,3-4,7-16H2/t17-/m0/s1. The van der Waals surface area contributed by atoms with E-state index in [1.807, 2.05) is 12.1 Å². The van der Waals surface area contributed by atoms with Gasteiger partial charge in [-0.3, -0.25) is 0 Å². The monoisotopic (exact) mass is 347 g/mol. The highest BCUT2D eigenvalue weighted by Gasteiger charge is 2.41. The summed E-state index contributed by atoms with van der Waals surface area (Å²) in [7, 11) is 0. The van der Waals surface area contributed by atoms with Crippen LogP contribution in [0.2, 0.25) is 0 Å². The van der Waals surface area contributed by atoms with E-state index in [2.05, 4.69) is 5.32 Å². The molecule has 1 spiro atoms. The molecule has 2 saturated heterocycles. The van der Waals surface area contributed by atoms with Crippen molar-refractivity contribution in [1.82, 2.24) is 5.32 Å². The Morgan fingerprint density at radius 3 is 2.56 bits per heavy atom. The summed E-state index contributed by atoms with van der Waals surface area (Å²) in [6.07, 6.45) is 8.69. The summed E-state index contributed by atoms with van der Waals surface area (Å²) in [5.74, 6) is -0.0425. The van der Waals surface area contributed by atoms with Crippen molar-refractivity contribution in [2.24, 2.45) is 0 Å². The molecule has 1 atom stereocenters. The van der Waals surface area contributed by atoms with E-state index in [9.17, 15) is 4.39 Å². The van der Waals surface area contributed by atoms with E-state index >= 15 is 0 Å². The fourth-order valence-electron chi connectivity index (χ4n) is 5.12. The molecule has 0 unspecified atom stereocenters. The highest BCUT2D eigenvalue weighted by molar-refractivity contribution is 5.29. The molecule has 1 N–H and O–H groups in total. The molecule has 1 aromatic carbocycles. The average molecular weight is 347 g/mol. The molecular weight excluding hydrogens is 317 g/mol. The summed E-state index contributed by atoms with van der Waals surface area (Å²) in [5.41, 5.74) is 0.884. The van der Waals surface area contributed by atoms with E-state index in [0.29, 0.717) is 6.04 Å². The largest absolute Gasteiger partial charge is 0.381 e. The first-order valence-corrected chi connectivity index (χ1v) is 9.92. The van der Waals surface area contributed by atoms with Crippen molar-refractivity contribution in [2.75, 3.05) is 26.4 Å². The van der Waals surface area contributed by atoms with Crippen LogP contribution in [0.1, 0.15) is 56.9 Å². The molecule has 4 heteroatoms. The minimum atomic E-state index is -0.0425. The molecule has 3 aliphatic rings. The Morgan fingerprint density at radius 2 is 1.80 bits per heavy atom. The molecule has 138 valence electrons. The Hall–Kier alpha value is -0.970. The Balaban J connectivity index is 1.44. The van der Waals surface area contributed by atoms with Crippen LogP contribution in [0.15, 0.2) is 24.3 Å². The molecule has 3 fully saturated rings. The summed E-state index contributed by atoms with van der Waals surface area (Å²) in [6, 6.07) is 7.84. The van der Waals surface area contributed by atoms with Gasteiger partial charge in [-0.05, 0) is 50.2 Å². The van der Waals surface area contributed by atoms with Gasteiger partial charge in [0.2, 0.25) is 0 Å². The van der Waals surface area contributed by atoms with Gasteiger partial charge >= 0.3 is 0 Å². The van der Waals surface area contributed by atoms with Gasteiger partial charge in [0.15, 0.2) is 0 Å². The first-order chi connectivity index (χ1) is 12.2. The van der Waals surface area contributed by atoms with Crippen LogP contribution in [0.3, 0.4) is 0 Å². The topological polar surface area (TPSA) is 30.5 Å². The molecule has 1 aromatic rings. The van der Waals surface area contributed by atoms with Gasteiger partial charge in [0, 0.05) is 37.8 Å². The van der Waals surface area contributed by atoms with Gasteiger partial charge in [-0.2, -0.15) is 0 Å². The van der Waals surface area contributed by atoms with Crippen LogP contribution in [-0.2, 0) is 14.9 Å². The number of benzene rings is 1. The lowest BCUT2D eigenvalue weighted by molar-refractivity contribution is -0.140. The van der Waals surface area contributed by atoms with E-state index in [1.54, 1.807) is 12.1 Å². The zero-order valence-electron chi connectivity index (χ0n) is 15.1. The molecule has 3 nitrogen and oxygen atoms in total. The smallest absolute Gasteiger partial charge is 0.127 e. The van der Waals surface area contributed by atoms with Crippen LogP contribution < -0.4 is 5.32 Å². The van der Waals surface area contributed by atoms with Gasteiger partial charge in [-0.25, -0.2) is 4.39 Å². The Kier molecular flexibility index (Phi) is 5.12. The third-order valence-corrected chi connectivity index (χ3v) is 6.63. The summed E-state index contributed by atoms with van der Waals surface area (Å²) in [5, 5.41) is 3.81. The molecule has 25 heavy (non-hydrogen) atoms. The van der Waals surface area contributed by atoms with E-state index in [-0.39, 0.29) is 16.8 Å². The lowest BCUT2D eigenvalue weighted by Crippen LogP contribution is -2.52. The van der Waals surface area contributed by atoms with Crippen LogP contribution in [-0.4, -0.2) is 38.0 Å². The molecule has 1 aliphatic carbocycles. The number of rotatable bonds is 4. The first-order valence-electron chi connectivity index (χ1n) is 9.92. The predicted molar refractivity (Wildman–Crippen MR) is 96.3 cm³/mol. The van der Waals surface area contributed by atoms with Gasteiger partial charge in [-0.1, -0.05) is 31.0 Å². The number of ether oxygens (including phenoxy) is 2. The summed E-state index contributed by atoms with van der Waals surface area (Å²) >= 11 is 0. The molecule has 0 aromatic heterocycles. The molecule has 0 bridgehead atoms. The fraction of sp³-hybridized carbons (Fsp3) is 0.714. The quantitative estimate of drug-likeness (QED) is 0.894. The maximum Gasteiger partial charge on any atom is 0.127 e. The number of hydrogen-bond acceptors (Lipinski definition) is 3. The predicted octanol–water partition coefficient (Wildman–Crippen LogP) is 3.96. The minimum absolute atomic E-state index is 0.00893. The SMILES string of the molecule is Fc1ccccc1C1(CN[C@H]2CCOC3(CCOCC3)C2)CCCC1. The van der Waals surface area contributed by atoms with Crippen molar-refractivity contribution in [3.63, 3.8) is 0 Å². The number of hydrogen-bond donors (Lipinski definition) is 1. The van der Waals surface area contributed by atoms with E-state index < -0.39 is 0 Å². The Labute approximate surface area is 150 Å². The van der Waals surface area contributed by atoms with Crippen molar-refractivity contribution >= 4 is 0 Å². The highest BCUT2D eigenvalue weighted by Crippen LogP contribution is 2.42. The van der Waals surface area contributed by atoms with Crippen molar-refractivity contribution in [3.8, 4) is 0 Å². The number of halogens is 1. The Morgan fingerprint density at radius 1 is 1.04 bits per heavy atom. The van der Waals surface area contributed by atoms with Gasteiger partial charge in [0.25, 0.3) is 0 Å². The molecular formula is C21H30FNO2. The molecule has 0 radical (unpaired) electrons. The van der Waals surface area contributed by atoms with Crippen LogP contribution >= 0.6 is 0 Å². The maximum absolute atomic E-state index is 14.5. The molecule has 4 rings (SSSR count). The minimum Gasteiger partial charge on any atom is -0.381 e. The van der Waals surface area contributed by atoms with Crippen LogP contribution in [0.5, 0.6) is 0 Å². The van der Waals surface area contributed by atoms with E-state index in [4.69, 9.17) is 9.47 Å². The Bertz CT molecular complexity index is 574. The normalized spacial score (nSPS) is 28.3. The lowest BCUT2D eigenvalue weighted by Gasteiger charge is -2.44. The van der Waals surface area contributed by atoms with Crippen molar-refractivity contribution in [1.29, 1.82) is 0 Å². The third kappa shape index (κ3) is 3.62. The molecule has 2 aliphatic heterocycles. The van der Waals surface area contributed by atoms with Crippen LogP contribution in [0.4, 0.5) is 4.39 Å². The summed E-state index contributed by atoms with van der Waals surface area (Å²) < 4.78 is 26.2. The highest BCUT2D eigenvalue weighted by atomic mass is 19.1. The molecule has 0 amide bonds. The molecule has 1 saturated carbocycles. The molecule has 2 heterocycles. The van der Waals surface area contributed by atoms with Gasteiger partial charge in [0.05, 0.1) is 5.60 Å². The average Bonchev–Trinajstić information content (AvgIpc) is 3.11. The van der Waals surface area contributed by atoms with E-state index in [1.165, 1.54) is 12.8 Å². The second-order valence-electron chi connectivity index (χ2n) is 8.18. The lowest BCUT2D eigenvalue weighted by atomic mass is 9.77. The van der Waals surface area contributed by atoms with E-state index in [0.717, 1.165) is 70.5 Å². The van der Waals surface area contributed by atoms with Crippen molar-refractivity contribution < 1.29 is 13.9 Å². The number of nitrogens with one attached hydrogen (secondary N) is 1. The third-order valence-electron chi connectivity index (χ3n) is 6.63. The second-order valence-corrected chi connectivity index (χ2v) is 8.18. The van der Waals surface area contributed by atoms with Crippen LogP contribution in [0, 0.1) is 5.82 Å². The van der Waals surface area contributed by atoms with Crippen molar-refractivity contribution in [2.45, 2.75) is 68.4 Å². The summed E-state index contributed by atoms with van der Waals surface area (Å²) in [4.78, 5) is 0. The van der Waals surface area contributed by atoms with Gasteiger partial charge < -0.3 is 14.8 Å². The van der Waals surface area contributed by atoms with Gasteiger partial charge in [-0.15, -0.1) is 0 Å².